The minimum Gasteiger partial charge on any atom is -0.391 e. The third kappa shape index (κ3) is 2.59. The van der Waals surface area contributed by atoms with Crippen LogP contribution in [0.1, 0.15) is 41.5 Å². The SMILES string of the molecule is Cc1ccc(C)c(-n2nc(C)nc2[C@H]2C[C@H](N)[C@@H](O)C2)c1. The summed E-state index contributed by atoms with van der Waals surface area (Å²) in [5, 5.41) is 14.5. The number of aryl methyl sites for hydroxylation is 3. The van der Waals surface area contributed by atoms with Crippen molar-refractivity contribution in [1.82, 2.24) is 14.8 Å². The van der Waals surface area contributed by atoms with Gasteiger partial charge in [0.05, 0.1) is 11.8 Å². The second-order valence-corrected chi connectivity index (χ2v) is 6.12. The molecule has 1 saturated carbocycles. The fourth-order valence-electron chi connectivity index (χ4n) is 3.08. The summed E-state index contributed by atoms with van der Waals surface area (Å²) in [7, 11) is 0. The van der Waals surface area contributed by atoms with Crippen molar-refractivity contribution in [3.63, 3.8) is 0 Å². The van der Waals surface area contributed by atoms with Gasteiger partial charge in [-0.2, -0.15) is 5.10 Å². The highest BCUT2D eigenvalue weighted by molar-refractivity contribution is 5.43. The van der Waals surface area contributed by atoms with Crippen molar-refractivity contribution in [3.8, 4) is 5.69 Å². The molecule has 1 aromatic carbocycles. The van der Waals surface area contributed by atoms with Crippen LogP contribution in [0.15, 0.2) is 18.2 Å². The molecule has 1 heterocycles. The molecule has 0 bridgehead atoms. The van der Waals surface area contributed by atoms with Gasteiger partial charge in [0.2, 0.25) is 0 Å². The van der Waals surface area contributed by atoms with Gasteiger partial charge in [0.25, 0.3) is 0 Å². The second kappa shape index (κ2) is 5.24. The van der Waals surface area contributed by atoms with Crippen LogP contribution >= 0.6 is 0 Å². The Kier molecular flexibility index (Phi) is 3.55. The van der Waals surface area contributed by atoms with Crippen LogP contribution < -0.4 is 5.73 Å². The maximum absolute atomic E-state index is 9.91. The van der Waals surface area contributed by atoms with E-state index in [1.807, 2.05) is 11.6 Å². The predicted octanol–water partition coefficient (Wildman–Crippen LogP) is 1.76. The highest BCUT2D eigenvalue weighted by Crippen LogP contribution is 2.34. The second-order valence-electron chi connectivity index (χ2n) is 6.12. The Bertz CT molecular complexity index is 654. The summed E-state index contributed by atoms with van der Waals surface area (Å²) in [5.41, 5.74) is 9.36. The summed E-state index contributed by atoms with van der Waals surface area (Å²) in [6.07, 6.45) is 0.966. The van der Waals surface area contributed by atoms with Crippen LogP contribution in [0.25, 0.3) is 5.69 Å². The Balaban J connectivity index is 2.06. The summed E-state index contributed by atoms with van der Waals surface area (Å²) < 4.78 is 1.92. The smallest absolute Gasteiger partial charge is 0.148 e. The number of aromatic nitrogens is 3. The molecule has 0 spiro atoms. The number of benzene rings is 1. The van der Waals surface area contributed by atoms with Crippen LogP contribution in [0.3, 0.4) is 0 Å². The van der Waals surface area contributed by atoms with E-state index in [1.54, 1.807) is 0 Å². The predicted molar refractivity (Wildman–Crippen MR) is 81.5 cm³/mol. The fraction of sp³-hybridized carbons (Fsp3) is 0.500. The molecule has 1 aromatic heterocycles. The summed E-state index contributed by atoms with van der Waals surface area (Å²) >= 11 is 0. The van der Waals surface area contributed by atoms with E-state index in [0.717, 1.165) is 29.3 Å². The number of nitrogens with zero attached hydrogens (tertiary/aromatic N) is 3. The molecule has 21 heavy (non-hydrogen) atoms. The van der Waals surface area contributed by atoms with Gasteiger partial charge in [-0.3, -0.25) is 0 Å². The third-order valence-electron chi connectivity index (χ3n) is 4.27. The highest BCUT2D eigenvalue weighted by atomic mass is 16.3. The van der Waals surface area contributed by atoms with Crippen LogP contribution in [0.2, 0.25) is 0 Å². The molecule has 1 aliphatic rings. The van der Waals surface area contributed by atoms with E-state index in [4.69, 9.17) is 5.73 Å². The molecule has 3 rings (SSSR count). The minimum absolute atomic E-state index is 0.163. The number of aliphatic hydroxyl groups is 1. The molecule has 0 saturated heterocycles. The Labute approximate surface area is 124 Å². The average Bonchev–Trinajstić information content (AvgIpc) is 2.96. The molecular weight excluding hydrogens is 264 g/mol. The van der Waals surface area contributed by atoms with Crippen LogP contribution in [-0.4, -0.2) is 32.0 Å². The lowest BCUT2D eigenvalue weighted by molar-refractivity contribution is 0.163. The van der Waals surface area contributed by atoms with E-state index >= 15 is 0 Å². The van der Waals surface area contributed by atoms with Gasteiger partial charge in [-0.25, -0.2) is 9.67 Å². The Hall–Kier alpha value is -1.72. The van der Waals surface area contributed by atoms with Gasteiger partial charge in [-0.05, 0) is 50.8 Å². The van der Waals surface area contributed by atoms with Crippen molar-refractivity contribution in [2.24, 2.45) is 5.73 Å². The van der Waals surface area contributed by atoms with E-state index in [-0.39, 0.29) is 12.0 Å². The van der Waals surface area contributed by atoms with Crippen molar-refractivity contribution >= 4 is 0 Å². The van der Waals surface area contributed by atoms with Crippen molar-refractivity contribution in [2.45, 2.75) is 51.7 Å². The first-order valence-corrected chi connectivity index (χ1v) is 7.40. The van der Waals surface area contributed by atoms with Gasteiger partial charge in [-0.15, -0.1) is 0 Å². The van der Waals surface area contributed by atoms with Crippen molar-refractivity contribution in [3.05, 3.63) is 41.0 Å². The topological polar surface area (TPSA) is 77.0 Å². The van der Waals surface area contributed by atoms with Gasteiger partial charge in [-0.1, -0.05) is 12.1 Å². The van der Waals surface area contributed by atoms with Gasteiger partial charge >= 0.3 is 0 Å². The van der Waals surface area contributed by atoms with Crippen LogP contribution in [0.5, 0.6) is 0 Å². The Morgan fingerprint density at radius 1 is 1.24 bits per heavy atom. The quantitative estimate of drug-likeness (QED) is 0.882. The lowest BCUT2D eigenvalue weighted by atomic mass is 10.1. The normalized spacial score (nSPS) is 25.5. The van der Waals surface area contributed by atoms with E-state index in [0.29, 0.717) is 6.42 Å². The molecule has 2 aromatic rings. The maximum atomic E-state index is 9.91. The van der Waals surface area contributed by atoms with Gasteiger partial charge in [0.15, 0.2) is 0 Å². The molecule has 0 unspecified atom stereocenters. The molecule has 5 nitrogen and oxygen atoms in total. The molecule has 1 fully saturated rings. The Morgan fingerprint density at radius 3 is 2.67 bits per heavy atom. The van der Waals surface area contributed by atoms with Crippen molar-refractivity contribution in [2.75, 3.05) is 0 Å². The van der Waals surface area contributed by atoms with E-state index in [1.165, 1.54) is 5.56 Å². The molecule has 1 aliphatic carbocycles. The molecule has 0 amide bonds. The lowest BCUT2D eigenvalue weighted by Crippen LogP contribution is -2.28. The number of hydrogen-bond acceptors (Lipinski definition) is 4. The Morgan fingerprint density at radius 2 is 2.00 bits per heavy atom. The van der Waals surface area contributed by atoms with Crippen molar-refractivity contribution < 1.29 is 5.11 Å². The van der Waals surface area contributed by atoms with Crippen LogP contribution in [0.4, 0.5) is 0 Å². The maximum Gasteiger partial charge on any atom is 0.148 e. The van der Waals surface area contributed by atoms with Crippen LogP contribution in [0, 0.1) is 20.8 Å². The van der Waals surface area contributed by atoms with Crippen LogP contribution in [-0.2, 0) is 0 Å². The van der Waals surface area contributed by atoms with Gasteiger partial charge in [0.1, 0.15) is 11.6 Å². The summed E-state index contributed by atoms with van der Waals surface area (Å²) in [6, 6.07) is 6.15. The first-order chi connectivity index (χ1) is 9.95. The van der Waals surface area contributed by atoms with Crippen molar-refractivity contribution in [1.29, 1.82) is 0 Å². The zero-order chi connectivity index (χ0) is 15.1. The monoisotopic (exact) mass is 286 g/mol. The number of hydrogen-bond donors (Lipinski definition) is 2. The first-order valence-electron chi connectivity index (χ1n) is 7.40. The fourth-order valence-corrected chi connectivity index (χ4v) is 3.08. The lowest BCUT2D eigenvalue weighted by Gasteiger charge is -2.13. The molecule has 5 heteroatoms. The standard InChI is InChI=1S/C16H22N4O/c1-9-4-5-10(2)14(6-9)20-16(18-11(3)19-20)12-7-13(17)15(21)8-12/h4-6,12-13,15,21H,7-8,17H2,1-3H3/t12-,13-,15-/m0/s1. The number of aliphatic hydroxyl groups excluding tert-OH is 1. The molecule has 3 atom stereocenters. The zero-order valence-electron chi connectivity index (χ0n) is 12.7. The molecule has 0 radical (unpaired) electrons. The first kappa shape index (κ1) is 14.2. The van der Waals surface area contributed by atoms with E-state index < -0.39 is 6.10 Å². The third-order valence-corrected chi connectivity index (χ3v) is 4.27. The zero-order valence-corrected chi connectivity index (χ0v) is 12.7. The minimum atomic E-state index is -0.445. The summed E-state index contributed by atoms with van der Waals surface area (Å²) in [5.74, 6) is 1.82. The molecule has 0 aliphatic heterocycles. The largest absolute Gasteiger partial charge is 0.391 e. The van der Waals surface area contributed by atoms with E-state index in [2.05, 4.69) is 42.1 Å². The molecular formula is C16H22N4O. The summed E-state index contributed by atoms with van der Waals surface area (Å²) in [4.78, 5) is 4.59. The molecule has 112 valence electrons. The van der Waals surface area contributed by atoms with Gasteiger partial charge < -0.3 is 10.8 Å². The van der Waals surface area contributed by atoms with Gasteiger partial charge in [0, 0.05) is 12.0 Å². The number of rotatable bonds is 2. The highest BCUT2D eigenvalue weighted by Gasteiger charge is 2.34. The average molecular weight is 286 g/mol. The number of nitrogens with two attached hydrogens (primary N) is 1. The summed E-state index contributed by atoms with van der Waals surface area (Å²) in [6.45, 7) is 6.04. The molecule has 3 N–H and O–H groups in total. The van der Waals surface area contributed by atoms with E-state index in [9.17, 15) is 5.11 Å².